The summed E-state index contributed by atoms with van der Waals surface area (Å²) < 4.78 is 5.32. The number of carbonyl (C=O) groups is 2. The molecule has 1 atom stereocenters. The highest BCUT2D eigenvalue weighted by atomic mass is 16.5. The Labute approximate surface area is 130 Å². The fraction of sp³-hybridized carbons (Fsp3) is 0.500. The van der Waals surface area contributed by atoms with Gasteiger partial charge < -0.3 is 15.0 Å². The van der Waals surface area contributed by atoms with Gasteiger partial charge in [-0.1, -0.05) is 12.1 Å². The highest BCUT2D eigenvalue weighted by Crippen LogP contribution is 2.31. The molecule has 0 spiro atoms. The van der Waals surface area contributed by atoms with E-state index >= 15 is 0 Å². The molecule has 6 heteroatoms. The Balaban J connectivity index is 1.83. The number of ether oxygens (including phenoxy) is 1. The summed E-state index contributed by atoms with van der Waals surface area (Å²) in [5, 5.41) is 2.87. The average Bonchev–Trinajstić information content (AvgIpc) is 2.62. The summed E-state index contributed by atoms with van der Waals surface area (Å²) in [6.07, 6.45) is 0.309. The summed E-state index contributed by atoms with van der Waals surface area (Å²) in [4.78, 5) is 28.6. The Bertz CT molecular complexity index is 570. The first-order valence-corrected chi connectivity index (χ1v) is 7.66. The van der Waals surface area contributed by atoms with E-state index in [0.29, 0.717) is 31.9 Å². The van der Waals surface area contributed by atoms with Crippen LogP contribution < -0.4 is 10.2 Å². The van der Waals surface area contributed by atoms with Crippen molar-refractivity contribution in [1.82, 2.24) is 4.90 Å². The Morgan fingerprint density at radius 3 is 2.82 bits per heavy atom. The van der Waals surface area contributed by atoms with Crippen molar-refractivity contribution >= 4 is 23.2 Å². The second-order valence-electron chi connectivity index (χ2n) is 5.77. The molecule has 0 radical (unpaired) electrons. The number of hydrogen-bond donors (Lipinski definition) is 1. The van der Waals surface area contributed by atoms with Crippen LogP contribution in [0.3, 0.4) is 0 Å². The first kappa shape index (κ1) is 15.0. The monoisotopic (exact) mass is 303 g/mol. The quantitative estimate of drug-likeness (QED) is 0.888. The number of rotatable bonds is 2. The Morgan fingerprint density at radius 2 is 2.05 bits per heavy atom. The number of fused-ring (bicyclic) bond motifs is 1. The highest BCUT2D eigenvalue weighted by Gasteiger charge is 2.30. The lowest BCUT2D eigenvalue weighted by Crippen LogP contribution is -2.47. The summed E-state index contributed by atoms with van der Waals surface area (Å²) in [6, 6.07) is 7.31. The summed E-state index contributed by atoms with van der Waals surface area (Å²) in [5.41, 5.74) is 1.48. The predicted molar refractivity (Wildman–Crippen MR) is 83.9 cm³/mol. The second kappa shape index (κ2) is 6.46. The molecular weight excluding hydrogens is 282 g/mol. The van der Waals surface area contributed by atoms with E-state index in [9.17, 15) is 9.59 Å². The Morgan fingerprint density at radius 1 is 1.32 bits per heavy atom. The molecule has 22 heavy (non-hydrogen) atoms. The van der Waals surface area contributed by atoms with Crippen molar-refractivity contribution in [2.75, 3.05) is 43.1 Å². The average molecular weight is 303 g/mol. The minimum atomic E-state index is -0.155. The van der Waals surface area contributed by atoms with Gasteiger partial charge in [0.2, 0.25) is 11.8 Å². The fourth-order valence-corrected chi connectivity index (χ4v) is 2.99. The molecular formula is C16H21N3O3. The van der Waals surface area contributed by atoms with Gasteiger partial charge in [-0.05, 0) is 19.1 Å². The van der Waals surface area contributed by atoms with E-state index in [2.05, 4.69) is 10.2 Å². The summed E-state index contributed by atoms with van der Waals surface area (Å²) in [5.74, 6) is -0.0278. The first-order valence-electron chi connectivity index (χ1n) is 7.66. The van der Waals surface area contributed by atoms with Gasteiger partial charge in [0.05, 0.1) is 31.1 Å². The van der Waals surface area contributed by atoms with Gasteiger partial charge in [-0.3, -0.25) is 14.5 Å². The molecule has 1 fully saturated rings. The molecule has 2 aliphatic heterocycles. The number of hydrogen-bond acceptors (Lipinski definition) is 4. The van der Waals surface area contributed by atoms with Crippen LogP contribution in [0.15, 0.2) is 24.3 Å². The number of nitrogens with one attached hydrogen (secondary N) is 1. The SMILES string of the molecule is C[C@@H]1CC(=O)Nc2ccccc2N1C(=O)CN1CCOCC1. The van der Waals surface area contributed by atoms with Gasteiger partial charge >= 0.3 is 0 Å². The Kier molecular flexibility index (Phi) is 4.40. The van der Waals surface area contributed by atoms with Crippen molar-refractivity contribution in [1.29, 1.82) is 0 Å². The molecule has 1 aromatic rings. The summed E-state index contributed by atoms with van der Waals surface area (Å²) >= 11 is 0. The first-order chi connectivity index (χ1) is 10.6. The lowest BCUT2D eigenvalue weighted by molar-refractivity contribution is -0.121. The molecule has 0 bridgehead atoms. The number of morpholine rings is 1. The van der Waals surface area contributed by atoms with Gasteiger partial charge in [0.1, 0.15) is 0 Å². The molecule has 6 nitrogen and oxygen atoms in total. The molecule has 118 valence electrons. The molecule has 3 rings (SSSR count). The minimum absolute atomic E-state index is 0.0263. The van der Waals surface area contributed by atoms with Gasteiger partial charge in [-0.25, -0.2) is 0 Å². The van der Waals surface area contributed by atoms with E-state index in [1.54, 1.807) is 4.90 Å². The van der Waals surface area contributed by atoms with Gasteiger partial charge in [0.15, 0.2) is 0 Å². The molecule has 2 amide bonds. The van der Waals surface area contributed by atoms with Crippen molar-refractivity contribution in [2.24, 2.45) is 0 Å². The third-order valence-electron chi connectivity index (χ3n) is 4.09. The topological polar surface area (TPSA) is 61.9 Å². The van der Waals surface area contributed by atoms with Crippen molar-refractivity contribution in [3.05, 3.63) is 24.3 Å². The standard InChI is InChI=1S/C16H21N3O3/c1-12-10-15(20)17-13-4-2-3-5-14(13)19(12)16(21)11-18-6-8-22-9-7-18/h2-5,12H,6-11H2,1H3,(H,17,20)/t12-/m1/s1. The second-order valence-corrected chi connectivity index (χ2v) is 5.77. The van der Waals surface area contributed by atoms with Crippen LogP contribution in [0, 0.1) is 0 Å². The third kappa shape index (κ3) is 3.13. The maximum absolute atomic E-state index is 12.8. The van der Waals surface area contributed by atoms with Gasteiger partial charge in [-0.2, -0.15) is 0 Å². The van der Waals surface area contributed by atoms with Crippen molar-refractivity contribution in [3.63, 3.8) is 0 Å². The van der Waals surface area contributed by atoms with Crippen LogP contribution in [0.4, 0.5) is 11.4 Å². The van der Waals surface area contributed by atoms with Crippen molar-refractivity contribution < 1.29 is 14.3 Å². The van der Waals surface area contributed by atoms with Crippen LogP contribution in [0.25, 0.3) is 0 Å². The number of carbonyl (C=O) groups excluding carboxylic acids is 2. The minimum Gasteiger partial charge on any atom is -0.379 e. The molecule has 0 saturated carbocycles. The van der Waals surface area contributed by atoms with E-state index in [0.717, 1.165) is 18.8 Å². The van der Waals surface area contributed by atoms with E-state index < -0.39 is 0 Å². The summed E-state index contributed by atoms with van der Waals surface area (Å²) in [6.45, 7) is 5.15. The van der Waals surface area contributed by atoms with Crippen LogP contribution in [-0.2, 0) is 14.3 Å². The number of para-hydroxylation sites is 2. The molecule has 1 aromatic carbocycles. The maximum Gasteiger partial charge on any atom is 0.241 e. The number of anilines is 2. The molecule has 2 heterocycles. The molecule has 2 aliphatic rings. The normalized spacial score (nSPS) is 22.7. The zero-order valence-electron chi connectivity index (χ0n) is 12.7. The molecule has 0 unspecified atom stereocenters. The fourth-order valence-electron chi connectivity index (χ4n) is 2.99. The number of nitrogens with zero attached hydrogens (tertiary/aromatic N) is 2. The zero-order valence-corrected chi connectivity index (χ0v) is 12.7. The van der Waals surface area contributed by atoms with E-state index in [1.165, 1.54) is 0 Å². The van der Waals surface area contributed by atoms with Gasteiger partial charge in [-0.15, -0.1) is 0 Å². The van der Waals surface area contributed by atoms with Crippen molar-refractivity contribution in [3.8, 4) is 0 Å². The number of amides is 2. The van der Waals surface area contributed by atoms with Crippen LogP contribution in [0.2, 0.25) is 0 Å². The lowest BCUT2D eigenvalue weighted by atomic mass is 10.1. The van der Waals surface area contributed by atoms with Crippen molar-refractivity contribution in [2.45, 2.75) is 19.4 Å². The molecule has 0 aromatic heterocycles. The largest absolute Gasteiger partial charge is 0.379 e. The number of benzene rings is 1. The van der Waals surface area contributed by atoms with Crippen LogP contribution in [-0.4, -0.2) is 55.6 Å². The maximum atomic E-state index is 12.8. The van der Waals surface area contributed by atoms with Crippen LogP contribution in [0.5, 0.6) is 0 Å². The Hall–Kier alpha value is -1.92. The van der Waals surface area contributed by atoms with Gasteiger partial charge in [0, 0.05) is 25.6 Å². The van der Waals surface area contributed by atoms with E-state index in [1.807, 2.05) is 31.2 Å². The van der Waals surface area contributed by atoms with Crippen LogP contribution in [0.1, 0.15) is 13.3 Å². The van der Waals surface area contributed by atoms with Gasteiger partial charge in [0.25, 0.3) is 0 Å². The van der Waals surface area contributed by atoms with E-state index in [4.69, 9.17) is 4.74 Å². The molecule has 1 saturated heterocycles. The molecule has 1 N–H and O–H groups in total. The zero-order chi connectivity index (χ0) is 15.5. The highest BCUT2D eigenvalue weighted by molar-refractivity contribution is 6.04. The smallest absolute Gasteiger partial charge is 0.241 e. The van der Waals surface area contributed by atoms with E-state index in [-0.39, 0.29) is 17.9 Å². The predicted octanol–water partition coefficient (Wildman–Crippen LogP) is 1.08. The summed E-state index contributed by atoms with van der Waals surface area (Å²) in [7, 11) is 0. The third-order valence-corrected chi connectivity index (χ3v) is 4.09. The van der Waals surface area contributed by atoms with Crippen LogP contribution >= 0.6 is 0 Å². The lowest BCUT2D eigenvalue weighted by Gasteiger charge is -2.32. The molecule has 0 aliphatic carbocycles.